The Labute approximate surface area is 212 Å². The highest BCUT2D eigenvalue weighted by atomic mass is 35.5. The Morgan fingerprint density at radius 2 is 1.57 bits per heavy atom. The maximum Gasteiger partial charge on any atom is 0.422 e. The summed E-state index contributed by atoms with van der Waals surface area (Å²) in [6, 6.07) is 11.6. The second-order valence-corrected chi connectivity index (χ2v) is 8.40. The van der Waals surface area contributed by atoms with E-state index in [9.17, 15) is 35.5 Å². The summed E-state index contributed by atoms with van der Waals surface area (Å²) in [5.41, 5.74) is -0.143. The first-order valence-electron chi connectivity index (χ1n) is 10.9. The van der Waals surface area contributed by atoms with Crippen molar-refractivity contribution < 1.29 is 45.0 Å². The number of carbonyl (C=O) groups excluding carboxylic acids is 1. The number of esters is 1. The first kappa shape index (κ1) is 28.3. The summed E-state index contributed by atoms with van der Waals surface area (Å²) >= 11 is 6.29. The molecule has 0 saturated carbocycles. The van der Waals surface area contributed by atoms with Crippen molar-refractivity contribution in [3.8, 4) is 16.9 Å². The maximum atomic E-state index is 13.3. The minimum absolute atomic E-state index is 0.0324. The number of carbonyl (C=O) groups is 1. The highest BCUT2D eigenvalue weighted by Gasteiger charge is 2.32. The lowest BCUT2D eigenvalue weighted by molar-refractivity contribution is -0.153. The van der Waals surface area contributed by atoms with E-state index in [0.717, 1.165) is 24.3 Å². The van der Waals surface area contributed by atoms with Crippen LogP contribution >= 0.6 is 11.6 Å². The zero-order valence-corrected chi connectivity index (χ0v) is 20.0. The molecule has 0 aliphatic heterocycles. The fourth-order valence-electron chi connectivity index (χ4n) is 3.61. The second kappa shape index (κ2) is 11.4. The number of benzene rings is 3. The third-order valence-corrected chi connectivity index (χ3v) is 5.58. The van der Waals surface area contributed by atoms with Crippen LogP contribution in [0.25, 0.3) is 11.1 Å². The molecule has 0 aliphatic carbocycles. The van der Waals surface area contributed by atoms with E-state index in [0.29, 0.717) is 5.56 Å². The SMILES string of the molecule is CCOC(=O)C(Cc1ccc(F)cc1)c1cc(Cl)c(OCC(F)(F)F)c(-c2ccc(C(F)(F)F)cc2)c1. The van der Waals surface area contributed by atoms with Crippen LogP contribution in [0.1, 0.15) is 29.5 Å². The Bertz CT molecular complexity index is 1220. The van der Waals surface area contributed by atoms with Gasteiger partial charge in [-0.15, -0.1) is 0 Å². The normalized spacial score (nSPS) is 12.8. The topological polar surface area (TPSA) is 35.5 Å². The highest BCUT2D eigenvalue weighted by molar-refractivity contribution is 6.32. The van der Waals surface area contributed by atoms with Crippen LogP contribution in [0.2, 0.25) is 5.02 Å². The van der Waals surface area contributed by atoms with Gasteiger partial charge in [0.05, 0.1) is 23.1 Å². The van der Waals surface area contributed by atoms with E-state index in [2.05, 4.69) is 0 Å². The maximum absolute atomic E-state index is 13.3. The van der Waals surface area contributed by atoms with Crippen molar-refractivity contribution in [1.82, 2.24) is 0 Å². The molecule has 198 valence electrons. The van der Waals surface area contributed by atoms with Crippen LogP contribution < -0.4 is 4.74 Å². The van der Waals surface area contributed by atoms with E-state index in [1.165, 1.54) is 36.4 Å². The van der Waals surface area contributed by atoms with Crippen LogP contribution in [0.5, 0.6) is 5.75 Å². The Hall–Kier alpha value is -3.27. The van der Waals surface area contributed by atoms with Crippen molar-refractivity contribution in [3.05, 3.63) is 88.2 Å². The molecule has 1 unspecified atom stereocenters. The molecule has 0 aromatic heterocycles. The molecule has 3 aromatic carbocycles. The van der Waals surface area contributed by atoms with Crippen molar-refractivity contribution in [2.24, 2.45) is 0 Å². The summed E-state index contributed by atoms with van der Waals surface area (Å²) in [4.78, 5) is 12.8. The van der Waals surface area contributed by atoms with Gasteiger partial charge in [-0.2, -0.15) is 26.3 Å². The van der Waals surface area contributed by atoms with E-state index in [1.807, 2.05) is 0 Å². The second-order valence-electron chi connectivity index (χ2n) is 7.99. The summed E-state index contributed by atoms with van der Waals surface area (Å²) in [6.45, 7) is -0.0802. The predicted molar refractivity (Wildman–Crippen MR) is 123 cm³/mol. The number of hydrogen-bond acceptors (Lipinski definition) is 3. The Morgan fingerprint density at radius 3 is 2.11 bits per heavy atom. The zero-order valence-electron chi connectivity index (χ0n) is 19.2. The average Bonchev–Trinajstić information content (AvgIpc) is 2.81. The molecule has 0 fully saturated rings. The van der Waals surface area contributed by atoms with Gasteiger partial charge in [-0.05, 0) is 66.4 Å². The summed E-state index contributed by atoms with van der Waals surface area (Å²) in [5.74, 6) is -2.58. The van der Waals surface area contributed by atoms with Crippen LogP contribution in [0, 0.1) is 5.82 Å². The van der Waals surface area contributed by atoms with Crippen molar-refractivity contribution >= 4 is 17.6 Å². The molecule has 0 aliphatic rings. The van der Waals surface area contributed by atoms with Crippen LogP contribution in [-0.2, 0) is 22.1 Å². The van der Waals surface area contributed by atoms with E-state index in [-0.39, 0.29) is 34.7 Å². The molecule has 3 nitrogen and oxygen atoms in total. The molecule has 0 spiro atoms. The Morgan fingerprint density at radius 1 is 0.946 bits per heavy atom. The van der Waals surface area contributed by atoms with Gasteiger partial charge in [0, 0.05) is 5.56 Å². The van der Waals surface area contributed by atoms with E-state index < -0.39 is 48.0 Å². The molecule has 0 N–H and O–H groups in total. The van der Waals surface area contributed by atoms with Crippen molar-refractivity contribution in [3.63, 3.8) is 0 Å². The first-order chi connectivity index (χ1) is 17.3. The number of alkyl halides is 6. The molecule has 3 rings (SSSR count). The van der Waals surface area contributed by atoms with E-state index >= 15 is 0 Å². The van der Waals surface area contributed by atoms with Crippen LogP contribution in [0.4, 0.5) is 30.7 Å². The molecular weight excluding hydrogens is 529 g/mol. The summed E-state index contributed by atoms with van der Waals surface area (Å²) < 4.78 is 101. The molecule has 11 heteroatoms. The lowest BCUT2D eigenvalue weighted by atomic mass is 9.89. The molecule has 0 bridgehead atoms. The lowest BCUT2D eigenvalue weighted by Crippen LogP contribution is -2.20. The number of ether oxygens (including phenoxy) is 2. The molecular formula is C26H20ClF7O3. The molecule has 37 heavy (non-hydrogen) atoms. The van der Waals surface area contributed by atoms with E-state index in [1.54, 1.807) is 6.92 Å². The van der Waals surface area contributed by atoms with Gasteiger partial charge in [0.1, 0.15) is 11.6 Å². The average molecular weight is 549 g/mol. The Balaban J connectivity index is 2.13. The summed E-state index contributed by atoms with van der Waals surface area (Å²) in [6.07, 6.45) is -9.31. The van der Waals surface area contributed by atoms with Crippen LogP contribution in [0.3, 0.4) is 0 Å². The predicted octanol–water partition coefficient (Wildman–Crippen LogP) is 8.00. The van der Waals surface area contributed by atoms with Crippen molar-refractivity contribution in [1.29, 1.82) is 0 Å². The van der Waals surface area contributed by atoms with Gasteiger partial charge in [0.25, 0.3) is 0 Å². The van der Waals surface area contributed by atoms with Gasteiger partial charge in [0.2, 0.25) is 0 Å². The van der Waals surface area contributed by atoms with Gasteiger partial charge in [0.15, 0.2) is 6.61 Å². The largest absolute Gasteiger partial charge is 0.482 e. The van der Waals surface area contributed by atoms with Gasteiger partial charge >= 0.3 is 18.3 Å². The Kier molecular flexibility index (Phi) is 8.73. The standard InChI is InChI=1S/C26H20ClF7O3/c1-2-36-24(35)21(11-15-3-9-19(28)10-4-15)17-12-20(16-5-7-18(8-6-16)26(32,33)34)23(22(27)13-17)37-14-25(29,30)31/h3-10,12-13,21H,2,11,14H2,1H3. The van der Waals surface area contributed by atoms with Crippen molar-refractivity contribution in [2.45, 2.75) is 31.6 Å². The molecule has 0 saturated heterocycles. The van der Waals surface area contributed by atoms with Gasteiger partial charge in [-0.1, -0.05) is 35.9 Å². The summed E-state index contributed by atoms with van der Waals surface area (Å²) in [7, 11) is 0. The van der Waals surface area contributed by atoms with Crippen LogP contribution in [0.15, 0.2) is 60.7 Å². The smallest absolute Gasteiger partial charge is 0.422 e. The third kappa shape index (κ3) is 7.61. The van der Waals surface area contributed by atoms with Gasteiger partial charge in [-0.25, -0.2) is 4.39 Å². The zero-order chi connectivity index (χ0) is 27.4. The third-order valence-electron chi connectivity index (χ3n) is 5.30. The van der Waals surface area contributed by atoms with Crippen molar-refractivity contribution in [2.75, 3.05) is 13.2 Å². The first-order valence-corrected chi connectivity index (χ1v) is 11.3. The minimum atomic E-state index is -4.71. The number of halogens is 8. The fraction of sp³-hybridized carbons (Fsp3) is 0.269. The van der Waals surface area contributed by atoms with Gasteiger partial charge < -0.3 is 9.47 Å². The number of rotatable bonds is 8. The lowest BCUT2D eigenvalue weighted by Gasteiger charge is -2.21. The highest BCUT2D eigenvalue weighted by Crippen LogP contribution is 2.42. The quantitative estimate of drug-likeness (QED) is 0.211. The monoisotopic (exact) mass is 548 g/mol. The molecule has 3 aromatic rings. The van der Waals surface area contributed by atoms with Gasteiger partial charge in [-0.3, -0.25) is 4.79 Å². The number of hydrogen-bond donors (Lipinski definition) is 0. The molecule has 0 heterocycles. The fourth-order valence-corrected chi connectivity index (χ4v) is 3.89. The molecule has 1 atom stereocenters. The molecule has 0 amide bonds. The summed E-state index contributed by atoms with van der Waals surface area (Å²) in [5, 5.41) is -0.287. The minimum Gasteiger partial charge on any atom is -0.482 e. The van der Waals surface area contributed by atoms with E-state index in [4.69, 9.17) is 21.1 Å². The molecule has 0 radical (unpaired) electrons. The van der Waals surface area contributed by atoms with Crippen LogP contribution in [-0.4, -0.2) is 25.4 Å².